The van der Waals surface area contributed by atoms with Crippen LogP contribution >= 0.6 is 0 Å². The van der Waals surface area contributed by atoms with E-state index in [0.29, 0.717) is 5.69 Å². The summed E-state index contributed by atoms with van der Waals surface area (Å²) in [6, 6.07) is 6.36. The Morgan fingerprint density at radius 2 is 1.54 bits per heavy atom. The van der Waals surface area contributed by atoms with E-state index in [9.17, 15) is 13.2 Å². The van der Waals surface area contributed by atoms with Crippen molar-refractivity contribution in [1.82, 2.24) is 4.31 Å². The van der Waals surface area contributed by atoms with Crippen molar-refractivity contribution in [3.8, 4) is 0 Å². The number of hydrogen-bond acceptors (Lipinski definition) is 4. The number of amides is 1. The molecule has 7 heteroatoms. The van der Waals surface area contributed by atoms with Crippen LogP contribution in [0.2, 0.25) is 0 Å². The zero-order valence-corrected chi connectivity index (χ0v) is 15.9. The van der Waals surface area contributed by atoms with E-state index < -0.39 is 10.0 Å². The van der Waals surface area contributed by atoms with Gasteiger partial charge in [0.25, 0.3) is 0 Å². The lowest BCUT2D eigenvalue weighted by atomic mass is 9.88. The highest BCUT2D eigenvalue weighted by Crippen LogP contribution is 2.34. The number of carbonyl (C=O) groups is 1. The predicted octanol–water partition coefficient (Wildman–Crippen LogP) is 1.96. The van der Waals surface area contributed by atoms with Crippen LogP contribution in [0.4, 0.5) is 5.69 Å². The zero-order chi connectivity index (χ0) is 18.2. The summed E-state index contributed by atoms with van der Waals surface area (Å²) in [5, 5.41) is 0. The van der Waals surface area contributed by atoms with Gasteiger partial charge in [0, 0.05) is 26.8 Å². The molecule has 1 saturated heterocycles. The van der Waals surface area contributed by atoms with Gasteiger partial charge < -0.3 is 9.64 Å². The Balaban J connectivity index is 2.22. The highest BCUT2D eigenvalue weighted by Gasteiger charge is 2.42. The van der Waals surface area contributed by atoms with Crippen molar-refractivity contribution in [2.75, 3.05) is 26.0 Å². The molecule has 1 heterocycles. The van der Waals surface area contributed by atoms with Crippen LogP contribution in [0, 0.1) is 11.8 Å². The summed E-state index contributed by atoms with van der Waals surface area (Å²) < 4.78 is 31.1. The molecule has 0 N–H and O–H groups in total. The molecule has 1 amide bonds. The van der Waals surface area contributed by atoms with Crippen LogP contribution in [0.25, 0.3) is 0 Å². The monoisotopic (exact) mass is 354 g/mol. The van der Waals surface area contributed by atoms with Gasteiger partial charge in [0.1, 0.15) is 0 Å². The fraction of sp³-hybridized carbons (Fsp3) is 0.588. The summed E-state index contributed by atoms with van der Waals surface area (Å²) in [6.45, 7) is 5.93. The Morgan fingerprint density at radius 1 is 1.00 bits per heavy atom. The zero-order valence-electron chi connectivity index (χ0n) is 15.1. The topological polar surface area (TPSA) is 66.9 Å². The number of ether oxygens (including phenoxy) is 1. The average molecular weight is 354 g/mol. The third kappa shape index (κ3) is 3.34. The predicted molar refractivity (Wildman–Crippen MR) is 93.4 cm³/mol. The van der Waals surface area contributed by atoms with E-state index in [2.05, 4.69) is 0 Å². The summed E-state index contributed by atoms with van der Waals surface area (Å²) in [4.78, 5) is 14.6. The van der Waals surface area contributed by atoms with Gasteiger partial charge >= 0.3 is 0 Å². The maximum atomic E-state index is 12.8. The first-order valence-corrected chi connectivity index (χ1v) is 9.47. The molecule has 0 radical (unpaired) electrons. The molecule has 0 bridgehead atoms. The van der Waals surface area contributed by atoms with Crippen molar-refractivity contribution in [2.24, 2.45) is 11.8 Å². The smallest absolute Gasteiger partial charge is 0.242 e. The van der Waals surface area contributed by atoms with Crippen LogP contribution in [0.3, 0.4) is 0 Å². The van der Waals surface area contributed by atoms with Gasteiger partial charge in [0.05, 0.1) is 23.0 Å². The Morgan fingerprint density at radius 3 is 1.96 bits per heavy atom. The fourth-order valence-corrected chi connectivity index (χ4v) is 4.00. The van der Waals surface area contributed by atoms with E-state index in [1.54, 1.807) is 24.1 Å². The second kappa shape index (κ2) is 6.82. The highest BCUT2D eigenvalue weighted by molar-refractivity contribution is 7.89. The van der Waals surface area contributed by atoms with E-state index >= 15 is 0 Å². The molecule has 0 aliphatic carbocycles. The molecule has 6 nitrogen and oxygen atoms in total. The third-order valence-electron chi connectivity index (χ3n) is 4.86. The van der Waals surface area contributed by atoms with E-state index in [4.69, 9.17) is 4.74 Å². The van der Waals surface area contributed by atoms with Gasteiger partial charge in [0.2, 0.25) is 15.9 Å². The van der Waals surface area contributed by atoms with E-state index in [1.807, 2.05) is 20.8 Å². The number of sulfonamides is 1. The van der Waals surface area contributed by atoms with Gasteiger partial charge in [-0.25, -0.2) is 12.7 Å². The molecule has 4 atom stereocenters. The second-order valence-electron chi connectivity index (χ2n) is 6.61. The van der Waals surface area contributed by atoms with Gasteiger partial charge in [-0.2, -0.15) is 0 Å². The number of hydrogen-bond donors (Lipinski definition) is 0. The van der Waals surface area contributed by atoms with Crippen molar-refractivity contribution < 1.29 is 17.9 Å². The molecule has 1 aliphatic rings. The second-order valence-corrected chi connectivity index (χ2v) is 8.76. The quantitative estimate of drug-likeness (QED) is 0.829. The van der Waals surface area contributed by atoms with Crippen LogP contribution in [0.5, 0.6) is 0 Å². The van der Waals surface area contributed by atoms with E-state index in [0.717, 1.165) is 4.31 Å². The molecule has 1 aromatic rings. The van der Waals surface area contributed by atoms with Crippen LogP contribution in [-0.4, -0.2) is 52.0 Å². The maximum Gasteiger partial charge on any atom is 0.242 e. The van der Waals surface area contributed by atoms with Crippen LogP contribution < -0.4 is 4.90 Å². The highest BCUT2D eigenvalue weighted by atomic mass is 32.2. The third-order valence-corrected chi connectivity index (χ3v) is 6.69. The first kappa shape index (κ1) is 18.9. The molecule has 1 aliphatic heterocycles. The number of anilines is 1. The number of nitrogens with zero attached hydrogens (tertiary/aromatic N) is 2. The summed E-state index contributed by atoms with van der Waals surface area (Å²) in [7, 11) is 1.22. The van der Waals surface area contributed by atoms with Crippen molar-refractivity contribution in [3.63, 3.8) is 0 Å². The SMILES string of the molecule is CC1OC(C)C(C(=O)N(C)c2ccc(S(=O)(=O)N(C)C)cc2)C1C. The fourth-order valence-electron chi connectivity index (χ4n) is 3.10. The van der Waals surface area contributed by atoms with Gasteiger partial charge in [-0.15, -0.1) is 0 Å². The van der Waals surface area contributed by atoms with E-state index in [1.165, 1.54) is 26.2 Å². The molecular weight excluding hydrogens is 328 g/mol. The largest absolute Gasteiger partial charge is 0.374 e. The lowest BCUT2D eigenvalue weighted by molar-refractivity contribution is -0.124. The lowest BCUT2D eigenvalue weighted by Gasteiger charge is -2.25. The van der Waals surface area contributed by atoms with Gasteiger partial charge in [-0.1, -0.05) is 6.92 Å². The molecule has 0 saturated carbocycles. The average Bonchev–Trinajstić information content (AvgIpc) is 2.78. The number of carbonyl (C=O) groups excluding carboxylic acids is 1. The first-order chi connectivity index (χ1) is 11.1. The van der Waals surface area contributed by atoms with Crippen molar-refractivity contribution >= 4 is 21.6 Å². The first-order valence-electron chi connectivity index (χ1n) is 8.03. The Labute approximate surface area is 144 Å². The minimum absolute atomic E-state index is 0.0115. The molecule has 1 aromatic carbocycles. The lowest BCUT2D eigenvalue weighted by Crippen LogP contribution is -2.38. The summed E-state index contributed by atoms with van der Waals surface area (Å²) in [5.41, 5.74) is 0.664. The summed E-state index contributed by atoms with van der Waals surface area (Å²) in [6.07, 6.45) is -0.0756. The van der Waals surface area contributed by atoms with Crippen molar-refractivity contribution in [3.05, 3.63) is 24.3 Å². The minimum atomic E-state index is -3.47. The number of rotatable bonds is 4. The number of benzene rings is 1. The van der Waals surface area contributed by atoms with Crippen LogP contribution in [-0.2, 0) is 19.6 Å². The standard InChI is InChI=1S/C17H26N2O4S/c1-11-12(2)23-13(3)16(11)17(20)19(6)14-7-9-15(10-8-14)24(21,22)18(4)5/h7-13,16H,1-6H3. The molecule has 2 rings (SSSR count). The van der Waals surface area contributed by atoms with E-state index in [-0.39, 0.29) is 34.8 Å². The molecule has 134 valence electrons. The molecule has 1 fully saturated rings. The molecule has 24 heavy (non-hydrogen) atoms. The Hall–Kier alpha value is -1.44. The minimum Gasteiger partial charge on any atom is -0.374 e. The Bertz CT molecular complexity index is 700. The Kier molecular flexibility index (Phi) is 5.37. The van der Waals surface area contributed by atoms with Crippen LogP contribution in [0.15, 0.2) is 29.2 Å². The maximum absolute atomic E-state index is 12.8. The normalized spacial score (nSPS) is 27.5. The van der Waals surface area contributed by atoms with Crippen molar-refractivity contribution in [1.29, 1.82) is 0 Å². The molecular formula is C17H26N2O4S. The summed E-state index contributed by atoms with van der Waals surface area (Å²) >= 11 is 0. The molecule has 0 spiro atoms. The van der Waals surface area contributed by atoms with Gasteiger partial charge in [0.15, 0.2) is 0 Å². The molecule has 0 aromatic heterocycles. The van der Waals surface area contributed by atoms with Gasteiger partial charge in [-0.3, -0.25) is 4.79 Å². The van der Waals surface area contributed by atoms with Crippen molar-refractivity contribution in [2.45, 2.75) is 37.9 Å². The van der Waals surface area contributed by atoms with Gasteiger partial charge in [-0.05, 0) is 44.0 Å². The van der Waals surface area contributed by atoms with Crippen LogP contribution in [0.1, 0.15) is 20.8 Å². The molecule has 4 unspecified atom stereocenters. The summed E-state index contributed by atoms with van der Waals surface area (Å²) in [5.74, 6) is -0.0684.